The Morgan fingerprint density at radius 3 is 2.36 bits per heavy atom. The van der Waals surface area contributed by atoms with Crippen molar-refractivity contribution in [3.8, 4) is 11.5 Å². The Morgan fingerprint density at radius 1 is 0.879 bits per heavy atom. The standard InChI is InChI=1S/C27H25ClN2O3/c1-32-24-12-11-16(15-25(24)33-2)27-26-22(29-20-9-5-6-10-21(20)30-27)13-17(14-23(26)31)18-7-3-4-8-19(18)28/h3-12,15,17,27,29-30H,13-14H2,1-2H3/t17-,27-/m0/s1. The van der Waals surface area contributed by atoms with Crippen LogP contribution in [-0.2, 0) is 4.79 Å². The summed E-state index contributed by atoms with van der Waals surface area (Å²) in [6.45, 7) is 0. The molecule has 168 valence electrons. The van der Waals surface area contributed by atoms with Crippen molar-refractivity contribution >= 4 is 28.8 Å². The molecule has 33 heavy (non-hydrogen) atoms. The number of anilines is 2. The van der Waals surface area contributed by atoms with Gasteiger partial charge in [0.1, 0.15) is 0 Å². The average molecular weight is 461 g/mol. The first-order chi connectivity index (χ1) is 16.1. The highest BCUT2D eigenvalue weighted by molar-refractivity contribution is 6.31. The Hall–Kier alpha value is -3.44. The SMILES string of the molecule is COc1ccc([C@@H]2Nc3ccccc3NC3=C2C(=O)C[C@@H](c2ccccc2Cl)C3)cc1OC. The number of Topliss-reactive ketones (excluding diaryl/α,β-unsaturated/α-hetero) is 1. The third-order valence-corrected chi connectivity index (χ3v) is 6.74. The highest BCUT2D eigenvalue weighted by Crippen LogP contribution is 2.46. The molecular weight excluding hydrogens is 436 g/mol. The molecule has 0 radical (unpaired) electrons. The molecule has 3 aromatic rings. The van der Waals surface area contributed by atoms with E-state index in [2.05, 4.69) is 10.6 Å². The van der Waals surface area contributed by atoms with Gasteiger partial charge in [0.2, 0.25) is 0 Å². The zero-order chi connectivity index (χ0) is 22.9. The minimum absolute atomic E-state index is 0.0220. The highest BCUT2D eigenvalue weighted by atomic mass is 35.5. The van der Waals surface area contributed by atoms with Crippen LogP contribution in [0.4, 0.5) is 11.4 Å². The molecule has 0 fully saturated rings. The monoisotopic (exact) mass is 460 g/mol. The van der Waals surface area contributed by atoms with Gasteiger partial charge in [-0.15, -0.1) is 0 Å². The summed E-state index contributed by atoms with van der Waals surface area (Å²) in [4.78, 5) is 13.7. The third kappa shape index (κ3) is 3.93. The first-order valence-electron chi connectivity index (χ1n) is 10.9. The largest absolute Gasteiger partial charge is 0.493 e. The topological polar surface area (TPSA) is 59.6 Å². The van der Waals surface area contributed by atoms with Crippen molar-refractivity contribution in [3.05, 3.63) is 94.1 Å². The van der Waals surface area contributed by atoms with Gasteiger partial charge in [0.15, 0.2) is 17.3 Å². The number of para-hydroxylation sites is 2. The number of rotatable bonds is 4. The van der Waals surface area contributed by atoms with E-state index in [1.54, 1.807) is 14.2 Å². The Labute approximate surface area is 198 Å². The summed E-state index contributed by atoms with van der Waals surface area (Å²) < 4.78 is 10.9. The number of fused-ring (bicyclic) bond motifs is 1. The molecule has 0 amide bonds. The maximum Gasteiger partial charge on any atom is 0.163 e. The lowest BCUT2D eigenvalue weighted by Gasteiger charge is -2.30. The maximum absolute atomic E-state index is 13.7. The molecule has 5 nitrogen and oxygen atoms in total. The van der Waals surface area contributed by atoms with E-state index in [1.165, 1.54) is 0 Å². The first kappa shape index (κ1) is 21.4. The number of methoxy groups -OCH3 is 2. The molecule has 2 N–H and O–H groups in total. The van der Waals surface area contributed by atoms with Crippen LogP contribution >= 0.6 is 11.6 Å². The van der Waals surface area contributed by atoms with Crippen LogP contribution in [0.3, 0.4) is 0 Å². The molecule has 5 rings (SSSR count). The van der Waals surface area contributed by atoms with E-state index in [0.29, 0.717) is 29.4 Å². The molecule has 1 aliphatic carbocycles. The molecule has 0 bridgehead atoms. The van der Waals surface area contributed by atoms with Crippen molar-refractivity contribution in [1.82, 2.24) is 0 Å². The third-order valence-electron chi connectivity index (χ3n) is 6.39. The predicted molar refractivity (Wildman–Crippen MR) is 131 cm³/mol. The molecule has 0 saturated carbocycles. The van der Waals surface area contributed by atoms with Crippen molar-refractivity contribution in [2.24, 2.45) is 0 Å². The Balaban J connectivity index is 1.63. The molecule has 0 unspecified atom stereocenters. The molecular formula is C27H25ClN2O3. The highest BCUT2D eigenvalue weighted by Gasteiger charge is 2.36. The van der Waals surface area contributed by atoms with Gasteiger partial charge < -0.3 is 20.1 Å². The van der Waals surface area contributed by atoms with Gasteiger partial charge in [0.25, 0.3) is 0 Å². The van der Waals surface area contributed by atoms with Crippen LogP contribution in [0.2, 0.25) is 5.02 Å². The van der Waals surface area contributed by atoms with Gasteiger partial charge in [-0.1, -0.05) is 48.0 Å². The number of nitrogens with one attached hydrogen (secondary N) is 2. The van der Waals surface area contributed by atoms with Crippen LogP contribution in [0.15, 0.2) is 78.0 Å². The second kappa shape index (κ2) is 8.83. The van der Waals surface area contributed by atoms with Gasteiger partial charge >= 0.3 is 0 Å². The van der Waals surface area contributed by atoms with Crippen molar-refractivity contribution in [3.63, 3.8) is 0 Å². The summed E-state index contributed by atoms with van der Waals surface area (Å²) in [5, 5.41) is 7.85. The number of allylic oxidation sites excluding steroid dienone is 1. The molecule has 1 heterocycles. The number of ether oxygens (including phenoxy) is 2. The second-order valence-corrected chi connectivity index (χ2v) is 8.71. The van der Waals surface area contributed by atoms with E-state index >= 15 is 0 Å². The normalized spacial score (nSPS) is 19.5. The number of hydrogen-bond donors (Lipinski definition) is 2. The van der Waals surface area contributed by atoms with E-state index in [4.69, 9.17) is 21.1 Å². The van der Waals surface area contributed by atoms with Crippen LogP contribution in [0, 0.1) is 0 Å². The summed E-state index contributed by atoms with van der Waals surface area (Å²) in [5.74, 6) is 1.40. The van der Waals surface area contributed by atoms with E-state index in [-0.39, 0.29) is 17.7 Å². The summed E-state index contributed by atoms with van der Waals surface area (Å²) >= 11 is 6.49. The summed E-state index contributed by atoms with van der Waals surface area (Å²) in [5.41, 5.74) is 5.50. The van der Waals surface area contributed by atoms with Crippen LogP contribution in [0.25, 0.3) is 0 Å². The number of ketones is 1. The maximum atomic E-state index is 13.7. The van der Waals surface area contributed by atoms with E-state index < -0.39 is 0 Å². The fourth-order valence-electron chi connectivity index (χ4n) is 4.80. The van der Waals surface area contributed by atoms with Crippen molar-refractivity contribution in [1.29, 1.82) is 0 Å². The van der Waals surface area contributed by atoms with Crippen LogP contribution in [0.1, 0.15) is 35.9 Å². The molecule has 0 aromatic heterocycles. The van der Waals surface area contributed by atoms with Crippen LogP contribution in [0.5, 0.6) is 11.5 Å². The number of carbonyl (C=O) groups excluding carboxylic acids is 1. The minimum Gasteiger partial charge on any atom is -0.493 e. The smallest absolute Gasteiger partial charge is 0.163 e. The van der Waals surface area contributed by atoms with E-state index in [0.717, 1.165) is 33.8 Å². The number of carbonyl (C=O) groups is 1. The lowest BCUT2D eigenvalue weighted by Crippen LogP contribution is -2.27. The Kier molecular flexibility index (Phi) is 5.73. The molecule has 0 spiro atoms. The van der Waals surface area contributed by atoms with Crippen molar-refractivity contribution in [2.75, 3.05) is 24.9 Å². The fourth-order valence-corrected chi connectivity index (χ4v) is 5.09. The van der Waals surface area contributed by atoms with Gasteiger partial charge in [-0.2, -0.15) is 0 Å². The lowest BCUT2D eigenvalue weighted by atomic mass is 9.78. The van der Waals surface area contributed by atoms with Crippen molar-refractivity contribution in [2.45, 2.75) is 24.8 Å². The number of hydrogen-bond acceptors (Lipinski definition) is 5. The fraction of sp³-hybridized carbons (Fsp3) is 0.222. The van der Waals surface area contributed by atoms with Gasteiger partial charge in [-0.25, -0.2) is 0 Å². The summed E-state index contributed by atoms with van der Waals surface area (Å²) in [6, 6.07) is 21.3. The molecule has 1 aliphatic heterocycles. The minimum atomic E-state index is -0.323. The average Bonchev–Trinajstić information content (AvgIpc) is 3.00. The Bertz CT molecular complexity index is 1250. The zero-order valence-corrected chi connectivity index (χ0v) is 19.3. The van der Waals surface area contributed by atoms with E-state index in [1.807, 2.05) is 66.7 Å². The molecule has 6 heteroatoms. The Morgan fingerprint density at radius 2 is 1.61 bits per heavy atom. The molecule has 0 saturated heterocycles. The van der Waals surface area contributed by atoms with Gasteiger partial charge in [0.05, 0.1) is 31.6 Å². The summed E-state index contributed by atoms with van der Waals surface area (Å²) in [7, 11) is 3.23. The van der Waals surface area contributed by atoms with Gasteiger partial charge in [-0.05, 0) is 53.8 Å². The number of benzene rings is 3. The van der Waals surface area contributed by atoms with E-state index in [9.17, 15) is 4.79 Å². The quantitative estimate of drug-likeness (QED) is 0.476. The van der Waals surface area contributed by atoms with Crippen molar-refractivity contribution < 1.29 is 14.3 Å². The molecule has 2 atom stereocenters. The van der Waals surface area contributed by atoms with Gasteiger partial charge in [0, 0.05) is 22.7 Å². The lowest BCUT2D eigenvalue weighted by molar-refractivity contribution is -0.116. The summed E-state index contributed by atoms with van der Waals surface area (Å²) in [6.07, 6.45) is 1.11. The van der Waals surface area contributed by atoms with Crippen LogP contribution < -0.4 is 20.1 Å². The van der Waals surface area contributed by atoms with Crippen LogP contribution in [-0.4, -0.2) is 20.0 Å². The predicted octanol–water partition coefficient (Wildman–Crippen LogP) is 6.34. The number of halogens is 1. The first-order valence-corrected chi connectivity index (χ1v) is 11.3. The molecule has 3 aromatic carbocycles. The zero-order valence-electron chi connectivity index (χ0n) is 18.5. The second-order valence-electron chi connectivity index (χ2n) is 8.30. The van der Waals surface area contributed by atoms with Gasteiger partial charge in [-0.3, -0.25) is 4.79 Å². The molecule has 2 aliphatic rings.